The van der Waals surface area contributed by atoms with Crippen molar-refractivity contribution in [1.29, 1.82) is 0 Å². The highest BCUT2D eigenvalue weighted by molar-refractivity contribution is 7.09. The third-order valence-electron chi connectivity index (χ3n) is 4.47. The van der Waals surface area contributed by atoms with E-state index in [1.165, 1.54) is 4.52 Å². The summed E-state index contributed by atoms with van der Waals surface area (Å²) >= 11 is 1.58. The van der Waals surface area contributed by atoms with Crippen molar-refractivity contribution in [3.05, 3.63) is 44.0 Å². The fraction of sp³-hybridized carbons (Fsp3) is 0.474. The number of nitrogens with one attached hydrogen (secondary N) is 1. The van der Waals surface area contributed by atoms with E-state index in [0.29, 0.717) is 35.9 Å². The molecule has 144 valence electrons. The van der Waals surface area contributed by atoms with Gasteiger partial charge in [0, 0.05) is 16.4 Å². The van der Waals surface area contributed by atoms with Gasteiger partial charge in [0.05, 0.1) is 12.2 Å². The third kappa shape index (κ3) is 3.95. The Kier molecular flexibility index (Phi) is 5.74. The summed E-state index contributed by atoms with van der Waals surface area (Å²) in [6.07, 6.45) is 2.63. The molecule has 0 saturated carbocycles. The highest BCUT2D eigenvalue weighted by atomic mass is 32.1. The van der Waals surface area contributed by atoms with E-state index < -0.39 is 0 Å². The van der Waals surface area contributed by atoms with Crippen molar-refractivity contribution < 1.29 is 4.79 Å². The van der Waals surface area contributed by atoms with Crippen LogP contribution in [0.4, 0.5) is 5.95 Å². The molecule has 3 aromatic rings. The molecule has 0 saturated heterocycles. The number of amides is 1. The smallest absolute Gasteiger partial charge is 0.276 e. The lowest BCUT2D eigenvalue weighted by molar-refractivity contribution is -0.121. The Balaban J connectivity index is 2.06. The minimum atomic E-state index is -0.190. The van der Waals surface area contributed by atoms with Crippen LogP contribution in [0.2, 0.25) is 0 Å². The van der Waals surface area contributed by atoms with Crippen LogP contribution >= 0.6 is 11.3 Å². The Hall–Kier alpha value is -2.48. The van der Waals surface area contributed by atoms with Crippen LogP contribution in [0.1, 0.15) is 49.7 Å². The van der Waals surface area contributed by atoms with Crippen molar-refractivity contribution in [2.24, 2.45) is 5.92 Å². The van der Waals surface area contributed by atoms with Gasteiger partial charge in [-0.15, -0.1) is 11.3 Å². The number of carbonyl (C=O) groups excluding carboxylic acids is 1. The third-order valence-corrected chi connectivity index (χ3v) is 5.33. The molecular formula is C19H25N5O2S. The molecule has 0 aliphatic carbocycles. The fourth-order valence-electron chi connectivity index (χ4n) is 2.93. The van der Waals surface area contributed by atoms with Gasteiger partial charge in [-0.05, 0) is 31.2 Å². The minimum absolute atomic E-state index is 0.0570. The van der Waals surface area contributed by atoms with Crippen molar-refractivity contribution in [1.82, 2.24) is 19.6 Å². The molecule has 7 nitrogen and oxygen atoms in total. The molecule has 8 heteroatoms. The van der Waals surface area contributed by atoms with Crippen molar-refractivity contribution in [3.8, 4) is 0 Å². The molecule has 3 heterocycles. The summed E-state index contributed by atoms with van der Waals surface area (Å²) in [5.74, 6) is 0.391. The first-order valence-electron chi connectivity index (χ1n) is 9.24. The molecule has 0 unspecified atom stereocenters. The lowest BCUT2D eigenvalue weighted by Gasteiger charge is -2.20. The summed E-state index contributed by atoms with van der Waals surface area (Å²) in [4.78, 5) is 37.2. The Labute approximate surface area is 162 Å². The maximum atomic E-state index is 12.9. The number of unbranched alkanes of at least 4 members (excludes halogenated alkanes) is 1. The molecule has 0 radical (unpaired) electrons. The van der Waals surface area contributed by atoms with Crippen LogP contribution < -0.4 is 10.5 Å². The number of hydrogen-bond acceptors (Lipinski definition) is 5. The second-order valence-electron chi connectivity index (χ2n) is 6.93. The zero-order valence-electron chi connectivity index (χ0n) is 16.2. The number of aromatic amines is 1. The first-order valence-corrected chi connectivity index (χ1v) is 10.1. The van der Waals surface area contributed by atoms with Gasteiger partial charge in [-0.1, -0.05) is 33.3 Å². The van der Waals surface area contributed by atoms with Gasteiger partial charge in [0.15, 0.2) is 0 Å². The quantitative estimate of drug-likeness (QED) is 0.674. The monoisotopic (exact) mass is 387 g/mol. The number of fused-ring (bicyclic) bond motifs is 1. The molecule has 3 rings (SSSR count). The van der Waals surface area contributed by atoms with Crippen molar-refractivity contribution in [2.45, 2.75) is 53.5 Å². The predicted octanol–water partition coefficient (Wildman–Crippen LogP) is 3.32. The van der Waals surface area contributed by atoms with E-state index in [2.05, 4.69) is 22.0 Å². The second-order valence-corrected chi connectivity index (χ2v) is 7.96. The Morgan fingerprint density at radius 2 is 2.15 bits per heavy atom. The number of nitrogens with zero attached hydrogens (tertiary/aromatic N) is 4. The molecule has 3 aromatic heterocycles. The molecular weight excluding hydrogens is 362 g/mol. The summed E-state index contributed by atoms with van der Waals surface area (Å²) in [6, 6.07) is 3.93. The van der Waals surface area contributed by atoms with Crippen LogP contribution in [0.15, 0.2) is 22.3 Å². The van der Waals surface area contributed by atoms with E-state index in [4.69, 9.17) is 0 Å². The largest absolute Gasteiger partial charge is 0.277 e. The first kappa shape index (κ1) is 19.3. The molecule has 1 amide bonds. The number of aromatic nitrogens is 4. The number of thiophene rings is 1. The zero-order chi connectivity index (χ0) is 19.6. The van der Waals surface area contributed by atoms with Gasteiger partial charge in [-0.2, -0.15) is 9.50 Å². The maximum absolute atomic E-state index is 12.9. The van der Waals surface area contributed by atoms with E-state index in [1.807, 2.05) is 38.3 Å². The summed E-state index contributed by atoms with van der Waals surface area (Å²) in [6.45, 7) is 8.04. The van der Waals surface area contributed by atoms with Gasteiger partial charge in [0.25, 0.3) is 11.3 Å². The highest BCUT2D eigenvalue weighted by Crippen LogP contribution is 2.19. The number of carbonyl (C=O) groups is 1. The Morgan fingerprint density at radius 1 is 1.37 bits per heavy atom. The van der Waals surface area contributed by atoms with Gasteiger partial charge in [0.1, 0.15) is 0 Å². The van der Waals surface area contributed by atoms with Gasteiger partial charge in [-0.25, -0.2) is 4.98 Å². The summed E-state index contributed by atoms with van der Waals surface area (Å²) in [5.41, 5.74) is 1.26. The van der Waals surface area contributed by atoms with E-state index in [0.717, 1.165) is 17.7 Å². The highest BCUT2D eigenvalue weighted by Gasteiger charge is 2.24. The van der Waals surface area contributed by atoms with Crippen LogP contribution in [0.5, 0.6) is 0 Å². The van der Waals surface area contributed by atoms with Crippen LogP contribution in [-0.4, -0.2) is 25.5 Å². The molecule has 0 spiro atoms. The first-order chi connectivity index (χ1) is 12.9. The van der Waals surface area contributed by atoms with Crippen molar-refractivity contribution in [2.75, 3.05) is 4.90 Å². The number of anilines is 1. The molecule has 27 heavy (non-hydrogen) atoms. The SMILES string of the molecule is CCCCc1c(C)nc2nc(N(Cc3cccs3)C(=O)C(C)C)[nH]n2c1=O. The second kappa shape index (κ2) is 8.04. The lowest BCUT2D eigenvalue weighted by atomic mass is 10.1. The van der Waals surface area contributed by atoms with Gasteiger partial charge < -0.3 is 0 Å². The Bertz CT molecular complexity index is 988. The topological polar surface area (TPSA) is 83.4 Å². The van der Waals surface area contributed by atoms with E-state index >= 15 is 0 Å². The molecule has 0 atom stereocenters. The average molecular weight is 388 g/mol. The Morgan fingerprint density at radius 3 is 2.78 bits per heavy atom. The van der Waals surface area contributed by atoms with Crippen molar-refractivity contribution >= 4 is 29.0 Å². The van der Waals surface area contributed by atoms with Crippen LogP contribution in [-0.2, 0) is 17.8 Å². The predicted molar refractivity (Wildman–Crippen MR) is 107 cm³/mol. The molecule has 1 N–H and O–H groups in total. The maximum Gasteiger partial charge on any atom is 0.277 e. The van der Waals surface area contributed by atoms with Gasteiger partial charge in [-0.3, -0.25) is 19.6 Å². The van der Waals surface area contributed by atoms with Crippen LogP contribution in [0.3, 0.4) is 0 Å². The number of rotatable bonds is 7. The summed E-state index contributed by atoms with van der Waals surface area (Å²) in [7, 11) is 0. The standard InChI is InChI=1S/C19H25N5O2S/c1-5-6-9-15-13(4)20-18-21-19(22-24(18)17(15)26)23(16(25)12(2)3)11-14-8-7-10-27-14/h7-8,10,12H,5-6,9,11H2,1-4H3,(H,20,21,22). The van der Waals surface area contributed by atoms with E-state index in [9.17, 15) is 9.59 Å². The van der Waals surface area contributed by atoms with Gasteiger partial charge >= 0.3 is 0 Å². The van der Waals surface area contributed by atoms with Crippen LogP contribution in [0, 0.1) is 12.8 Å². The normalized spacial score (nSPS) is 11.4. The average Bonchev–Trinajstić information content (AvgIpc) is 3.28. The van der Waals surface area contributed by atoms with E-state index in [-0.39, 0.29) is 17.4 Å². The molecule has 0 bridgehead atoms. The molecule has 0 fully saturated rings. The number of aryl methyl sites for hydroxylation is 1. The van der Waals surface area contributed by atoms with Crippen molar-refractivity contribution in [3.63, 3.8) is 0 Å². The van der Waals surface area contributed by atoms with E-state index in [1.54, 1.807) is 16.2 Å². The molecule has 0 aliphatic rings. The summed E-state index contributed by atoms with van der Waals surface area (Å²) < 4.78 is 1.35. The molecule has 0 aliphatic heterocycles. The summed E-state index contributed by atoms with van der Waals surface area (Å²) in [5, 5.41) is 4.97. The zero-order valence-corrected chi connectivity index (χ0v) is 17.0. The number of H-pyrrole nitrogens is 1. The fourth-order valence-corrected chi connectivity index (χ4v) is 3.63. The number of hydrogen-bond donors (Lipinski definition) is 1. The van der Waals surface area contributed by atoms with Gasteiger partial charge in [0.2, 0.25) is 11.9 Å². The lowest BCUT2D eigenvalue weighted by Crippen LogP contribution is -2.34. The molecule has 0 aromatic carbocycles. The minimum Gasteiger partial charge on any atom is -0.276 e. The van der Waals surface area contributed by atoms with Crippen LogP contribution in [0.25, 0.3) is 5.78 Å².